The molecular formula is C12H19N3O3S. The summed E-state index contributed by atoms with van der Waals surface area (Å²) in [6, 6.07) is 1.76. The SMILES string of the molecule is Cc1cncc(NS(=O)(=O)CCN2CCOCC2)c1. The lowest BCUT2D eigenvalue weighted by atomic mass is 10.3. The van der Waals surface area contributed by atoms with Gasteiger partial charge in [-0.05, 0) is 18.6 Å². The number of hydrogen-bond donors (Lipinski definition) is 1. The van der Waals surface area contributed by atoms with Crippen LogP contribution in [0.4, 0.5) is 5.69 Å². The molecule has 1 aliphatic rings. The van der Waals surface area contributed by atoms with Crippen molar-refractivity contribution in [3.63, 3.8) is 0 Å². The van der Waals surface area contributed by atoms with Gasteiger partial charge in [-0.25, -0.2) is 8.42 Å². The molecule has 0 bridgehead atoms. The largest absolute Gasteiger partial charge is 0.379 e. The van der Waals surface area contributed by atoms with Crippen LogP contribution in [0, 0.1) is 6.92 Å². The first kappa shape index (κ1) is 14.2. The normalized spacial score (nSPS) is 17.3. The van der Waals surface area contributed by atoms with Gasteiger partial charge in [0.25, 0.3) is 0 Å². The van der Waals surface area contributed by atoms with E-state index < -0.39 is 10.0 Å². The summed E-state index contributed by atoms with van der Waals surface area (Å²) >= 11 is 0. The quantitative estimate of drug-likeness (QED) is 0.851. The standard InChI is InChI=1S/C12H19N3O3S/c1-11-8-12(10-13-9-11)14-19(16,17)7-4-15-2-5-18-6-3-15/h8-10,14H,2-7H2,1H3. The third kappa shape index (κ3) is 4.77. The zero-order valence-electron chi connectivity index (χ0n) is 11.0. The van der Waals surface area contributed by atoms with Crippen LogP contribution in [0.3, 0.4) is 0 Å². The summed E-state index contributed by atoms with van der Waals surface area (Å²) in [6.45, 7) is 5.34. The molecule has 0 radical (unpaired) electrons. The van der Waals surface area contributed by atoms with Crippen LogP contribution in [-0.2, 0) is 14.8 Å². The summed E-state index contributed by atoms with van der Waals surface area (Å²) in [5.74, 6) is 0.0843. The highest BCUT2D eigenvalue weighted by Crippen LogP contribution is 2.10. The Labute approximate surface area is 113 Å². The van der Waals surface area contributed by atoms with Crippen molar-refractivity contribution >= 4 is 15.7 Å². The Morgan fingerprint density at radius 1 is 1.37 bits per heavy atom. The van der Waals surface area contributed by atoms with E-state index in [-0.39, 0.29) is 5.75 Å². The number of pyridine rings is 1. The first-order valence-electron chi connectivity index (χ1n) is 6.27. The van der Waals surface area contributed by atoms with E-state index in [2.05, 4.69) is 14.6 Å². The average molecular weight is 285 g/mol. The predicted molar refractivity (Wildman–Crippen MR) is 73.6 cm³/mol. The molecular weight excluding hydrogens is 266 g/mol. The third-order valence-electron chi connectivity index (χ3n) is 2.93. The maximum atomic E-state index is 12.0. The molecule has 1 fully saturated rings. The zero-order valence-corrected chi connectivity index (χ0v) is 11.8. The van der Waals surface area contributed by atoms with Gasteiger partial charge in [-0.1, -0.05) is 0 Å². The number of sulfonamides is 1. The number of nitrogens with one attached hydrogen (secondary N) is 1. The highest BCUT2D eigenvalue weighted by Gasteiger charge is 2.16. The van der Waals surface area contributed by atoms with Crippen molar-refractivity contribution in [3.05, 3.63) is 24.0 Å². The molecule has 2 heterocycles. The van der Waals surface area contributed by atoms with Gasteiger partial charge >= 0.3 is 0 Å². The summed E-state index contributed by atoms with van der Waals surface area (Å²) in [7, 11) is -3.32. The zero-order chi connectivity index (χ0) is 13.7. The molecule has 0 aromatic carbocycles. The maximum Gasteiger partial charge on any atom is 0.234 e. The second-order valence-corrected chi connectivity index (χ2v) is 6.47. The van der Waals surface area contributed by atoms with Crippen LogP contribution in [0.25, 0.3) is 0 Å². The van der Waals surface area contributed by atoms with Crippen molar-refractivity contribution in [1.29, 1.82) is 0 Å². The lowest BCUT2D eigenvalue weighted by Gasteiger charge is -2.26. The molecule has 1 aromatic rings. The molecule has 7 heteroatoms. The van der Waals surface area contributed by atoms with Crippen LogP contribution in [-0.4, -0.2) is 56.9 Å². The van der Waals surface area contributed by atoms with Crippen LogP contribution in [0.2, 0.25) is 0 Å². The summed E-state index contributed by atoms with van der Waals surface area (Å²) in [4.78, 5) is 6.06. The molecule has 1 saturated heterocycles. The van der Waals surface area contributed by atoms with Crippen molar-refractivity contribution in [2.24, 2.45) is 0 Å². The highest BCUT2D eigenvalue weighted by atomic mass is 32.2. The van der Waals surface area contributed by atoms with Crippen LogP contribution >= 0.6 is 0 Å². The Bertz CT molecular complexity index is 513. The number of morpholine rings is 1. The van der Waals surface area contributed by atoms with Gasteiger partial charge in [-0.3, -0.25) is 14.6 Å². The topological polar surface area (TPSA) is 71.5 Å². The number of rotatable bonds is 5. The molecule has 0 spiro atoms. The van der Waals surface area contributed by atoms with E-state index in [0.717, 1.165) is 18.7 Å². The van der Waals surface area contributed by atoms with Crippen LogP contribution in [0.15, 0.2) is 18.5 Å². The van der Waals surface area contributed by atoms with Gasteiger partial charge in [0.15, 0.2) is 0 Å². The fourth-order valence-corrected chi connectivity index (χ4v) is 2.99. The highest BCUT2D eigenvalue weighted by molar-refractivity contribution is 7.92. The van der Waals surface area contributed by atoms with E-state index in [4.69, 9.17) is 4.74 Å². The van der Waals surface area contributed by atoms with Gasteiger partial charge in [0.2, 0.25) is 10.0 Å². The minimum absolute atomic E-state index is 0.0843. The van der Waals surface area contributed by atoms with E-state index >= 15 is 0 Å². The van der Waals surface area contributed by atoms with E-state index in [0.29, 0.717) is 25.4 Å². The third-order valence-corrected chi connectivity index (χ3v) is 4.20. The van der Waals surface area contributed by atoms with E-state index in [1.165, 1.54) is 6.20 Å². The lowest BCUT2D eigenvalue weighted by molar-refractivity contribution is 0.0408. The molecule has 0 amide bonds. The number of anilines is 1. The fraction of sp³-hybridized carbons (Fsp3) is 0.583. The Morgan fingerprint density at radius 3 is 2.79 bits per heavy atom. The van der Waals surface area contributed by atoms with E-state index in [1.54, 1.807) is 12.3 Å². The Balaban J connectivity index is 1.87. The Kier molecular flexibility index (Phi) is 4.73. The average Bonchev–Trinajstić information content (AvgIpc) is 2.37. The number of aromatic nitrogens is 1. The van der Waals surface area contributed by atoms with Crippen molar-refractivity contribution in [2.75, 3.05) is 43.3 Å². The molecule has 0 aliphatic carbocycles. The Morgan fingerprint density at radius 2 is 2.11 bits per heavy atom. The molecule has 6 nitrogen and oxygen atoms in total. The smallest absolute Gasteiger partial charge is 0.234 e. The number of ether oxygens (including phenoxy) is 1. The molecule has 1 aromatic heterocycles. The summed E-state index contributed by atoms with van der Waals surface area (Å²) < 4.78 is 31.7. The summed E-state index contributed by atoms with van der Waals surface area (Å²) in [5.41, 5.74) is 1.44. The van der Waals surface area contributed by atoms with Gasteiger partial charge in [-0.15, -0.1) is 0 Å². The van der Waals surface area contributed by atoms with Crippen LogP contribution < -0.4 is 4.72 Å². The van der Waals surface area contributed by atoms with Crippen molar-refractivity contribution in [2.45, 2.75) is 6.92 Å². The molecule has 1 N–H and O–H groups in total. The molecule has 1 aliphatic heterocycles. The second-order valence-electron chi connectivity index (χ2n) is 4.63. The molecule has 19 heavy (non-hydrogen) atoms. The molecule has 2 rings (SSSR count). The number of hydrogen-bond acceptors (Lipinski definition) is 5. The fourth-order valence-electron chi connectivity index (χ4n) is 1.92. The monoisotopic (exact) mass is 285 g/mol. The minimum atomic E-state index is -3.32. The van der Waals surface area contributed by atoms with E-state index in [1.807, 2.05) is 6.92 Å². The van der Waals surface area contributed by atoms with E-state index in [9.17, 15) is 8.42 Å². The first-order chi connectivity index (χ1) is 9.05. The first-order valence-corrected chi connectivity index (χ1v) is 7.93. The van der Waals surface area contributed by atoms with Crippen molar-refractivity contribution < 1.29 is 13.2 Å². The maximum absolute atomic E-state index is 12.0. The number of aryl methyl sites for hydroxylation is 1. The summed E-state index contributed by atoms with van der Waals surface area (Å²) in [5, 5.41) is 0. The van der Waals surface area contributed by atoms with Gasteiger partial charge in [0.1, 0.15) is 0 Å². The van der Waals surface area contributed by atoms with Crippen LogP contribution in [0.5, 0.6) is 0 Å². The lowest BCUT2D eigenvalue weighted by Crippen LogP contribution is -2.39. The van der Waals surface area contributed by atoms with Gasteiger partial charge in [0.05, 0.1) is 30.9 Å². The second kappa shape index (κ2) is 6.31. The van der Waals surface area contributed by atoms with Crippen molar-refractivity contribution in [1.82, 2.24) is 9.88 Å². The number of nitrogens with zero attached hydrogens (tertiary/aromatic N) is 2. The van der Waals surface area contributed by atoms with Gasteiger partial charge in [0, 0.05) is 25.8 Å². The molecule has 0 atom stereocenters. The predicted octanol–water partition coefficient (Wildman–Crippen LogP) is 0.464. The van der Waals surface area contributed by atoms with Crippen molar-refractivity contribution in [3.8, 4) is 0 Å². The molecule has 106 valence electrons. The molecule has 0 saturated carbocycles. The minimum Gasteiger partial charge on any atom is -0.379 e. The van der Waals surface area contributed by atoms with Gasteiger partial charge < -0.3 is 4.74 Å². The summed E-state index contributed by atoms with van der Waals surface area (Å²) in [6.07, 6.45) is 3.20. The van der Waals surface area contributed by atoms with Crippen LogP contribution in [0.1, 0.15) is 5.56 Å². The van der Waals surface area contributed by atoms with Gasteiger partial charge in [-0.2, -0.15) is 0 Å². The Hall–Kier alpha value is -1.18. The molecule has 0 unspecified atom stereocenters.